The Kier molecular flexibility index (Phi) is 6.36. The normalized spacial score (nSPS) is 21.2. The predicted octanol–water partition coefficient (Wildman–Crippen LogP) is 2.99. The highest BCUT2D eigenvalue weighted by molar-refractivity contribution is 7.98. The van der Waals surface area contributed by atoms with Crippen LogP contribution < -0.4 is 10.6 Å². The first-order valence-corrected chi connectivity index (χ1v) is 8.86. The lowest BCUT2D eigenvalue weighted by Gasteiger charge is -2.12. The van der Waals surface area contributed by atoms with Crippen LogP contribution in [0.5, 0.6) is 0 Å². The van der Waals surface area contributed by atoms with Crippen molar-refractivity contribution in [2.24, 2.45) is 4.99 Å². The number of benzene rings is 1. The third-order valence-electron chi connectivity index (χ3n) is 3.71. The Bertz CT molecular complexity index is 478. The molecule has 1 aromatic rings. The minimum absolute atomic E-state index is 0.105. The number of rotatable bonds is 7. The van der Waals surface area contributed by atoms with Crippen LogP contribution in [-0.4, -0.2) is 37.6 Å². The Morgan fingerprint density at radius 2 is 2.19 bits per heavy atom. The van der Waals surface area contributed by atoms with Gasteiger partial charge in [0.15, 0.2) is 5.96 Å². The summed E-state index contributed by atoms with van der Waals surface area (Å²) in [6.45, 7) is 0.928. The van der Waals surface area contributed by atoms with Gasteiger partial charge in [-0.2, -0.15) is 11.8 Å². The minimum atomic E-state index is -0.105. The molecule has 21 heavy (non-hydrogen) atoms. The quantitative estimate of drug-likeness (QED) is 0.462. The van der Waals surface area contributed by atoms with E-state index in [1.54, 1.807) is 13.1 Å². The van der Waals surface area contributed by atoms with Crippen molar-refractivity contribution < 1.29 is 4.39 Å². The molecule has 0 spiro atoms. The molecule has 0 aliphatic heterocycles. The zero-order valence-electron chi connectivity index (χ0n) is 12.7. The molecule has 1 aliphatic carbocycles. The topological polar surface area (TPSA) is 36.4 Å². The van der Waals surface area contributed by atoms with Crippen LogP contribution in [0.25, 0.3) is 0 Å². The highest BCUT2D eigenvalue weighted by Crippen LogP contribution is 2.41. The number of hydrogen-bond donors (Lipinski definition) is 2. The van der Waals surface area contributed by atoms with Crippen LogP contribution in [0, 0.1) is 5.82 Å². The molecule has 2 N–H and O–H groups in total. The standard InChI is InChI=1S/C16H24FN3S/c1-18-16(19-9-5-6-10-21-2)20-15-11-13(15)12-7-3-4-8-14(12)17/h3-4,7-8,13,15H,5-6,9-11H2,1-2H3,(H2,18,19,20). The minimum Gasteiger partial charge on any atom is -0.356 e. The summed E-state index contributed by atoms with van der Waals surface area (Å²) < 4.78 is 13.7. The van der Waals surface area contributed by atoms with Crippen molar-refractivity contribution in [2.75, 3.05) is 25.6 Å². The Morgan fingerprint density at radius 3 is 2.90 bits per heavy atom. The maximum atomic E-state index is 13.7. The summed E-state index contributed by atoms with van der Waals surface area (Å²) in [4.78, 5) is 4.23. The van der Waals surface area contributed by atoms with E-state index in [1.165, 1.54) is 18.2 Å². The number of nitrogens with zero attached hydrogens (tertiary/aromatic N) is 1. The fourth-order valence-electron chi connectivity index (χ4n) is 2.42. The second-order valence-corrected chi connectivity index (χ2v) is 6.30. The molecule has 116 valence electrons. The first kappa shape index (κ1) is 16.1. The first-order valence-electron chi connectivity index (χ1n) is 7.46. The largest absolute Gasteiger partial charge is 0.356 e. The maximum absolute atomic E-state index is 13.7. The first-order chi connectivity index (χ1) is 10.3. The third-order valence-corrected chi connectivity index (χ3v) is 4.41. The van der Waals surface area contributed by atoms with Crippen LogP contribution in [-0.2, 0) is 0 Å². The van der Waals surface area contributed by atoms with E-state index in [0.29, 0.717) is 6.04 Å². The third kappa shape index (κ3) is 4.92. The number of hydrogen-bond acceptors (Lipinski definition) is 2. The van der Waals surface area contributed by atoms with Crippen molar-refractivity contribution in [1.29, 1.82) is 0 Å². The van der Waals surface area contributed by atoms with Gasteiger partial charge < -0.3 is 10.6 Å². The Labute approximate surface area is 130 Å². The number of unbranched alkanes of at least 4 members (excludes halogenated alkanes) is 1. The molecule has 2 unspecified atom stereocenters. The fraction of sp³-hybridized carbons (Fsp3) is 0.562. The van der Waals surface area contributed by atoms with Crippen molar-refractivity contribution in [2.45, 2.75) is 31.2 Å². The van der Waals surface area contributed by atoms with E-state index in [1.807, 2.05) is 23.9 Å². The molecule has 5 heteroatoms. The molecule has 0 heterocycles. The van der Waals surface area contributed by atoms with Gasteiger partial charge in [-0.1, -0.05) is 18.2 Å². The maximum Gasteiger partial charge on any atom is 0.191 e. The lowest BCUT2D eigenvalue weighted by atomic mass is 10.1. The second-order valence-electron chi connectivity index (χ2n) is 5.31. The zero-order chi connectivity index (χ0) is 15.1. The van der Waals surface area contributed by atoms with Gasteiger partial charge in [-0.15, -0.1) is 0 Å². The van der Waals surface area contributed by atoms with E-state index in [0.717, 1.165) is 30.9 Å². The van der Waals surface area contributed by atoms with Gasteiger partial charge in [-0.25, -0.2) is 4.39 Å². The molecule has 1 saturated carbocycles. The second kappa shape index (κ2) is 8.27. The highest BCUT2D eigenvalue weighted by atomic mass is 32.2. The van der Waals surface area contributed by atoms with Crippen LogP contribution in [0.3, 0.4) is 0 Å². The van der Waals surface area contributed by atoms with Crippen LogP contribution in [0.4, 0.5) is 4.39 Å². The molecular weight excluding hydrogens is 285 g/mol. The van der Waals surface area contributed by atoms with E-state index in [-0.39, 0.29) is 11.7 Å². The van der Waals surface area contributed by atoms with Crippen molar-refractivity contribution in [3.05, 3.63) is 35.6 Å². The zero-order valence-corrected chi connectivity index (χ0v) is 13.5. The molecule has 1 aromatic carbocycles. The van der Waals surface area contributed by atoms with Gasteiger partial charge in [0.05, 0.1) is 0 Å². The lowest BCUT2D eigenvalue weighted by Crippen LogP contribution is -2.39. The van der Waals surface area contributed by atoms with Gasteiger partial charge in [-0.05, 0) is 42.9 Å². The van der Waals surface area contributed by atoms with Gasteiger partial charge in [-0.3, -0.25) is 4.99 Å². The van der Waals surface area contributed by atoms with E-state index < -0.39 is 0 Å². The number of aliphatic imine (C=N–C) groups is 1. The average Bonchev–Trinajstić information content (AvgIpc) is 3.25. The summed E-state index contributed by atoms with van der Waals surface area (Å²) in [5.74, 6) is 2.18. The van der Waals surface area contributed by atoms with Gasteiger partial charge in [0.1, 0.15) is 5.82 Å². The summed E-state index contributed by atoms with van der Waals surface area (Å²) in [6.07, 6.45) is 5.45. The monoisotopic (exact) mass is 309 g/mol. The van der Waals surface area contributed by atoms with Crippen LogP contribution in [0.2, 0.25) is 0 Å². The molecule has 0 amide bonds. The van der Waals surface area contributed by atoms with Crippen molar-refractivity contribution >= 4 is 17.7 Å². The molecule has 0 radical (unpaired) electrons. The highest BCUT2D eigenvalue weighted by Gasteiger charge is 2.40. The van der Waals surface area contributed by atoms with E-state index >= 15 is 0 Å². The molecule has 0 bridgehead atoms. The molecule has 1 aliphatic rings. The molecule has 0 saturated heterocycles. The SMILES string of the molecule is CN=C(NCCCCSC)NC1CC1c1ccccc1F. The van der Waals surface area contributed by atoms with Crippen molar-refractivity contribution in [1.82, 2.24) is 10.6 Å². The van der Waals surface area contributed by atoms with E-state index in [2.05, 4.69) is 21.9 Å². The summed E-state index contributed by atoms with van der Waals surface area (Å²) in [5.41, 5.74) is 0.811. The van der Waals surface area contributed by atoms with Gasteiger partial charge in [0.2, 0.25) is 0 Å². The number of nitrogens with one attached hydrogen (secondary N) is 2. The summed E-state index contributed by atoms with van der Waals surface area (Å²) in [5, 5.41) is 6.70. The average molecular weight is 309 g/mol. The fourth-order valence-corrected chi connectivity index (χ4v) is 2.92. The molecule has 2 atom stereocenters. The van der Waals surface area contributed by atoms with E-state index in [9.17, 15) is 4.39 Å². The smallest absolute Gasteiger partial charge is 0.191 e. The summed E-state index contributed by atoms with van der Waals surface area (Å²) >= 11 is 1.88. The molecular formula is C16H24FN3S. The summed E-state index contributed by atoms with van der Waals surface area (Å²) in [7, 11) is 1.78. The number of thioether (sulfide) groups is 1. The van der Waals surface area contributed by atoms with Crippen LogP contribution in [0.15, 0.2) is 29.3 Å². The lowest BCUT2D eigenvalue weighted by molar-refractivity contribution is 0.607. The Balaban J connectivity index is 1.73. The van der Waals surface area contributed by atoms with Crippen LogP contribution >= 0.6 is 11.8 Å². The molecule has 3 nitrogen and oxygen atoms in total. The summed E-state index contributed by atoms with van der Waals surface area (Å²) in [6, 6.07) is 7.33. The Morgan fingerprint density at radius 1 is 1.38 bits per heavy atom. The molecule has 2 rings (SSSR count). The molecule has 0 aromatic heterocycles. The van der Waals surface area contributed by atoms with Gasteiger partial charge in [0, 0.05) is 25.6 Å². The molecule has 1 fully saturated rings. The predicted molar refractivity (Wildman–Crippen MR) is 89.7 cm³/mol. The van der Waals surface area contributed by atoms with Crippen molar-refractivity contribution in [3.8, 4) is 0 Å². The number of halogens is 1. The van der Waals surface area contributed by atoms with Gasteiger partial charge >= 0.3 is 0 Å². The van der Waals surface area contributed by atoms with Crippen molar-refractivity contribution in [3.63, 3.8) is 0 Å². The number of guanidine groups is 1. The Hall–Kier alpha value is -1.23. The van der Waals surface area contributed by atoms with Gasteiger partial charge in [0.25, 0.3) is 0 Å². The van der Waals surface area contributed by atoms with E-state index in [4.69, 9.17) is 0 Å². The van der Waals surface area contributed by atoms with Crippen LogP contribution in [0.1, 0.15) is 30.7 Å².